The normalized spacial score (nSPS) is 20.6. The van der Waals surface area contributed by atoms with Crippen LogP contribution in [0.15, 0.2) is 12.4 Å². The lowest BCUT2D eigenvalue weighted by atomic mass is 9.60. The van der Waals surface area contributed by atoms with Crippen molar-refractivity contribution in [2.24, 2.45) is 10.6 Å². The SMILES string of the molecule is Cc1cc(F)n2ncnc(N3CC4(CC(N(C)S(N)(=O)=O)C4)C3)c12. The highest BCUT2D eigenvalue weighted by molar-refractivity contribution is 7.86. The molecule has 1 aliphatic heterocycles. The summed E-state index contributed by atoms with van der Waals surface area (Å²) in [6, 6.07) is 1.41. The number of aromatic nitrogens is 3. The number of hydrogen-bond donors (Lipinski definition) is 1. The number of anilines is 1. The minimum Gasteiger partial charge on any atom is -0.354 e. The molecule has 2 aliphatic rings. The number of hydrogen-bond acceptors (Lipinski definition) is 5. The molecule has 1 saturated heterocycles. The zero-order valence-electron chi connectivity index (χ0n) is 13.5. The number of nitrogens with two attached hydrogens (primary N) is 1. The predicted molar refractivity (Wildman–Crippen MR) is 86.2 cm³/mol. The second kappa shape index (κ2) is 4.87. The average Bonchev–Trinajstić information content (AvgIpc) is 2.70. The van der Waals surface area contributed by atoms with Gasteiger partial charge in [0.05, 0.1) is 0 Å². The largest absolute Gasteiger partial charge is 0.354 e. The summed E-state index contributed by atoms with van der Waals surface area (Å²) in [6.07, 6.45) is 2.92. The first-order valence-electron chi connectivity index (χ1n) is 7.70. The second-order valence-electron chi connectivity index (χ2n) is 6.97. The van der Waals surface area contributed by atoms with Gasteiger partial charge in [-0.3, -0.25) is 0 Å². The van der Waals surface area contributed by atoms with Crippen LogP contribution in [0.5, 0.6) is 0 Å². The van der Waals surface area contributed by atoms with Gasteiger partial charge in [0, 0.05) is 31.6 Å². The molecule has 1 spiro atoms. The Hall–Kier alpha value is -1.78. The van der Waals surface area contributed by atoms with E-state index in [1.54, 1.807) is 0 Å². The Morgan fingerprint density at radius 1 is 1.42 bits per heavy atom. The van der Waals surface area contributed by atoms with Crippen LogP contribution in [-0.2, 0) is 10.2 Å². The van der Waals surface area contributed by atoms with Crippen molar-refractivity contribution in [2.45, 2.75) is 25.8 Å². The van der Waals surface area contributed by atoms with E-state index in [1.165, 1.54) is 28.3 Å². The van der Waals surface area contributed by atoms with Gasteiger partial charge in [0.2, 0.25) is 5.95 Å². The van der Waals surface area contributed by atoms with Crippen LogP contribution in [-0.4, -0.2) is 53.5 Å². The van der Waals surface area contributed by atoms with Gasteiger partial charge in [-0.2, -0.15) is 22.2 Å². The summed E-state index contributed by atoms with van der Waals surface area (Å²) in [5.74, 6) is 0.320. The van der Waals surface area contributed by atoms with Gasteiger partial charge in [-0.25, -0.2) is 14.6 Å². The third-order valence-corrected chi connectivity index (χ3v) is 6.39. The van der Waals surface area contributed by atoms with Crippen molar-refractivity contribution in [2.75, 3.05) is 25.0 Å². The van der Waals surface area contributed by atoms with Crippen LogP contribution >= 0.6 is 0 Å². The van der Waals surface area contributed by atoms with E-state index in [0.29, 0.717) is 5.52 Å². The Bertz CT molecular complexity index is 913. The van der Waals surface area contributed by atoms with Crippen molar-refractivity contribution in [3.05, 3.63) is 23.9 Å². The Labute approximate surface area is 139 Å². The molecule has 0 aromatic carbocycles. The predicted octanol–water partition coefficient (Wildman–Crippen LogP) is 0.281. The Morgan fingerprint density at radius 3 is 2.71 bits per heavy atom. The van der Waals surface area contributed by atoms with Gasteiger partial charge >= 0.3 is 0 Å². The smallest absolute Gasteiger partial charge is 0.276 e. The van der Waals surface area contributed by atoms with Crippen molar-refractivity contribution < 1.29 is 12.8 Å². The Morgan fingerprint density at radius 2 is 2.08 bits per heavy atom. The van der Waals surface area contributed by atoms with E-state index in [0.717, 1.165) is 37.3 Å². The monoisotopic (exact) mass is 354 g/mol. The molecule has 2 aromatic rings. The highest BCUT2D eigenvalue weighted by atomic mass is 32.2. The molecule has 24 heavy (non-hydrogen) atoms. The number of fused-ring (bicyclic) bond motifs is 1. The maximum absolute atomic E-state index is 13.8. The first kappa shape index (κ1) is 15.7. The molecular weight excluding hydrogens is 335 g/mol. The molecule has 3 heterocycles. The van der Waals surface area contributed by atoms with Crippen LogP contribution in [0.1, 0.15) is 18.4 Å². The van der Waals surface area contributed by atoms with Crippen LogP contribution in [0, 0.1) is 18.3 Å². The minimum absolute atomic E-state index is 0.0416. The van der Waals surface area contributed by atoms with Crippen LogP contribution in [0.4, 0.5) is 10.2 Å². The van der Waals surface area contributed by atoms with Crippen molar-refractivity contribution >= 4 is 21.5 Å². The molecule has 130 valence electrons. The average molecular weight is 354 g/mol. The quantitative estimate of drug-likeness (QED) is 0.854. The Kier molecular flexibility index (Phi) is 3.19. The lowest BCUT2D eigenvalue weighted by Crippen LogP contribution is -2.67. The minimum atomic E-state index is -3.64. The second-order valence-corrected chi connectivity index (χ2v) is 8.58. The van der Waals surface area contributed by atoms with Crippen molar-refractivity contribution in [3.63, 3.8) is 0 Å². The lowest BCUT2D eigenvalue weighted by Gasteiger charge is -2.60. The van der Waals surface area contributed by atoms with Crippen molar-refractivity contribution in [3.8, 4) is 0 Å². The molecule has 1 aliphatic carbocycles. The maximum atomic E-state index is 13.8. The van der Waals surface area contributed by atoms with Crippen LogP contribution < -0.4 is 10.0 Å². The first-order valence-corrected chi connectivity index (χ1v) is 9.20. The van der Waals surface area contributed by atoms with Gasteiger partial charge in [0.1, 0.15) is 11.8 Å². The topological polar surface area (TPSA) is 96.8 Å². The highest BCUT2D eigenvalue weighted by Gasteiger charge is 2.55. The molecule has 10 heteroatoms. The number of rotatable bonds is 3. The lowest BCUT2D eigenvalue weighted by molar-refractivity contribution is 0.0207. The van der Waals surface area contributed by atoms with Gasteiger partial charge in [0.15, 0.2) is 5.82 Å². The summed E-state index contributed by atoms with van der Waals surface area (Å²) >= 11 is 0. The van der Waals surface area contributed by atoms with E-state index in [2.05, 4.69) is 15.0 Å². The Balaban J connectivity index is 1.50. The number of nitrogens with zero attached hydrogens (tertiary/aromatic N) is 5. The molecule has 1 saturated carbocycles. The summed E-state index contributed by atoms with van der Waals surface area (Å²) in [6.45, 7) is 3.39. The molecule has 0 radical (unpaired) electrons. The van der Waals surface area contributed by atoms with Gasteiger partial charge in [-0.1, -0.05) is 0 Å². The molecule has 8 nitrogen and oxygen atoms in total. The molecular formula is C14H19FN6O2S. The van der Waals surface area contributed by atoms with Gasteiger partial charge in [-0.15, -0.1) is 0 Å². The fourth-order valence-electron chi connectivity index (χ4n) is 3.97. The third-order valence-electron chi connectivity index (χ3n) is 5.29. The first-order chi connectivity index (χ1) is 11.2. The van der Waals surface area contributed by atoms with Crippen molar-refractivity contribution in [1.29, 1.82) is 0 Å². The molecule has 0 amide bonds. The van der Waals surface area contributed by atoms with Crippen LogP contribution in [0.2, 0.25) is 0 Å². The standard InChI is InChI=1S/C14H19FN6O2S/c1-9-3-11(15)21-12(9)13(17-8-18-21)20-6-14(7-20)4-10(5-14)19(2)24(16,22)23/h3,8,10H,4-7H2,1-2H3,(H2,16,22,23). The molecule has 4 rings (SSSR count). The summed E-state index contributed by atoms with van der Waals surface area (Å²) in [5, 5.41) is 9.12. The van der Waals surface area contributed by atoms with E-state index in [-0.39, 0.29) is 11.5 Å². The van der Waals surface area contributed by atoms with E-state index in [9.17, 15) is 12.8 Å². The molecule has 2 aromatic heterocycles. The van der Waals surface area contributed by atoms with Gasteiger partial charge < -0.3 is 4.90 Å². The summed E-state index contributed by atoms with van der Waals surface area (Å²) in [7, 11) is -2.12. The molecule has 2 fully saturated rings. The zero-order chi connectivity index (χ0) is 17.3. The maximum Gasteiger partial charge on any atom is 0.276 e. The van der Waals surface area contributed by atoms with Crippen molar-refractivity contribution in [1.82, 2.24) is 18.9 Å². The van der Waals surface area contributed by atoms with E-state index >= 15 is 0 Å². The molecule has 0 bridgehead atoms. The fourth-order valence-corrected chi connectivity index (χ4v) is 4.53. The molecule has 0 unspecified atom stereocenters. The van der Waals surface area contributed by atoms with E-state index < -0.39 is 16.2 Å². The molecule has 0 atom stereocenters. The summed E-state index contributed by atoms with van der Waals surface area (Å²) in [5.41, 5.74) is 1.58. The van der Waals surface area contributed by atoms with Gasteiger partial charge in [-0.05, 0) is 31.4 Å². The number of aryl methyl sites for hydroxylation is 1. The number of halogens is 1. The van der Waals surface area contributed by atoms with E-state index in [4.69, 9.17) is 5.14 Å². The summed E-state index contributed by atoms with van der Waals surface area (Å²) < 4.78 is 39.1. The fraction of sp³-hybridized carbons (Fsp3) is 0.571. The zero-order valence-corrected chi connectivity index (χ0v) is 14.3. The highest BCUT2D eigenvalue weighted by Crippen LogP contribution is 2.51. The van der Waals surface area contributed by atoms with Crippen LogP contribution in [0.3, 0.4) is 0 Å². The molecule has 2 N–H and O–H groups in total. The third kappa shape index (κ3) is 2.20. The van der Waals surface area contributed by atoms with Gasteiger partial charge in [0.25, 0.3) is 10.2 Å². The van der Waals surface area contributed by atoms with E-state index in [1.807, 2.05) is 6.92 Å². The van der Waals surface area contributed by atoms with Crippen LogP contribution in [0.25, 0.3) is 5.52 Å². The summed E-state index contributed by atoms with van der Waals surface area (Å²) in [4.78, 5) is 6.42.